The van der Waals surface area contributed by atoms with Crippen LogP contribution in [0.3, 0.4) is 0 Å². The topological polar surface area (TPSA) is 30.5 Å². The van der Waals surface area contributed by atoms with Gasteiger partial charge in [0, 0.05) is 20.8 Å². The Kier molecular flexibility index (Phi) is 11.4. The maximum atomic E-state index is 5.96. The molecule has 0 bridgehead atoms. The van der Waals surface area contributed by atoms with Crippen LogP contribution in [0.15, 0.2) is 0 Å². The molecule has 0 amide bonds. The van der Waals surface area contributed by atoms with Crippen molar-refractivity contribution in [2.24, 2.45) is 0 Å². The molecule has 0 aliphatic carbocycles. The number of rotatable bonds is 10. The van der Waals surface area contributed by atoms with Crippen LogP contribution in [0.25, 0.3) is 0 Å². The zero-order valence-electron chi connectivity index (χ0n) is 9.22. The Morgan fingerprint density at radius 3 is 2.57 bits per heavy atom. The van der Waals surface area contributed by atoms with Gasteiger partial charge in [-0.1, -0.05) is 0 Å². The third-order valence-corrected chi connectivity index (χ3v) is 2.28. The molecule has 0 aromatic rings. The lowest BCUT2D eigenvalue weighted by molar-refractivity contribution is 0.191. The minimum Gasteiger partial charge on any atom is -0.385 e. The van der Waals surface area contributed by atoms with Gasteiger partial charge in [0.05, 0.1) is 12.0 Å². The highest BCUT2D eigenvalue weighted by molar-refractivity contribution is 6.20. The second kappa shape index (κ2) is 11.2. The molecule has 0 saturated carbocycles. The second-order valence-corrected chi connectivity index (χ2v) is 3.91. The van der Waals surface area contributed by atoms with E-state index in [0.717, 1.165) is 39.0 Å². The highest BCUT2D eigenvalue weighted by Gasteiger charge is 2.01. The number of hydrogen-bond acceptors (Lipinski definition) is 3. The molecule has 0 saturated heterocycles. The van der Waals surface area contributed by atoms with E-state index in [-0.39, 0.29) is 5.38 Å². The molecule has 0 rings (SSSR count). The summed E-state index contributed by atoms with van der Waals surface area (Å²) < 4.78 is 9.89. The van der Waals surface area contributed by atoms with Gasteiger partial charge in [-0.25, -0.2) is 0 Å². The normalized spacial score (nSPS) is 13.1. The molecule has 0 radical (unpaired) electrons. The molecule has 1 N–H and O–H groups in total. The predicted molar refractivity (Wildman–Crippen MR) is 60.1 cm³/mol. The molecule has 0 fully saturated rings. The van der Waals surface area contributed by atoms with Crippen LogP contribution >= 0.6 is 11.6 Å². The van der Waals surface area contributed by atoms with Crippen LogP contribution in [0.2, 0.25) is 0 Å². The van der Waals surface area contributed by atoms with Gasteiger partial charge in [-0.2, -0.15) is 0 Å². The number of hydrogen-bond donors (Lipinski definition) is 1. The minimum atomic E-state index is 0.131. The standard InChI is InChI=1S/C10H22ClNO2/c1-13-8-4-3-6-12-7-5-10(11)9-14-2/h10,12H,3-9H2,1-2H3. The van der Waals surface area contributed by atoms with Crippen molar-refractivity contribution < 1.29 is 9.47 Å². The number of alkyl halides is 1. The first-order valence-corrected chi connectivity index (χ1v) is 5.57. The molecule has 0 aromatic heterocycles. The van der Waals surface area contributed by atoms with Crippen LogP contribution in [0.4, 0.5) is 0 Å². The van der Waals surface area contributed by atoms with E-state index in [0.29, 0.717) is 6.61 Å². The summed E-state index contributed by atoms with van der Waals surface area (Å²) in [5.74, 6) is 0. The highest BCUT2D eigenvalue weighted by Crippen LogP contribution is 2.00. The van der Waals surface area contributed by atoms with Gasteiger partial charge >= 0.3 is 0 Å². The Morgan fingerprint density at radius 2 is 1.93 bits per heavy atom. The van der Waals surface area contributed by atoms with Gasteiger partial charge in [0.2, 0.25) is 0 Å². The molecule has 1 atom stereocenters. The molecule has 0 spiro atoms. The van der Waals surface area contributed by atoms with Crippen molar-refractivity contribution in [3.8, 4) is 0 Å². The fourth-order valence-corrected chi connectivity index (χ4v) is 1.38. The molecule has 0 aromatic carbocycles. The summed E-state index contributed by atoms with van der Waals surface area (Å²) in [6.07, 6.45) is 3.23. The van der Waals surface area contributed by atoms with E-state index in [1.54, 1.807) is 14.2 Å². The Balaban J connectivity index is 2.98. The zero-order chi connectivity index (χ0) is 10.6. The molecule has 1 unspecified atom stereocenters. The first-order valence-electron chi connectivity index (χ1n) is 5.14. The molecule has 14 heavy (non-hydrogen) atoms. The lowest BCUT2D eigenvalue weighted by atomic mass is 10.3. The Morgan fingerprint density at radius 1 is 1.14 bits per heavy atom. The Hall–Kier alpha value is 0.170. The molecule has 86 valence electrons. The number of unbranched alkanes of at least 4 members (excludes halogenated alkanes) is 1. The van der Waals surface area contributed by atoms with Crippen LogP contribution in [-0.4, -0.2) is 45.9 Å². The predicted octanol–water partition coefficient (Wildman–Crippen LogP) is 1.65. The maximum Gasteiger partial charge on any atom is 0.0626 e. The van der Waals surface area contributed by atoms with Crippen LogP contribution in [0.1, 0.15) is 19.3 Å². The number of methoxy groups -OCH3 is 2. The molecule has 3 nitrogen and oxygen atoms in total. The van der Waals surface area contributed by atoms with Gasteiger partial charge in [0.15, 0.2) is 0 Å². The van der Waals surface area contributed by atoms with Crippen molar-refractivity contribution in [3.63, 3.8) is 0 Å². The third-order valence-electron chi connectivity index (χ3n) is 1.93. The molecule has 0 aliphatic heterocycles. The quantitative estimate of drug-likeness (QED) is 0.451. The van der Waals surface area contributed by atoms with Crippen LogP contribution in [0.5, 0.6) is 0 Å². The fraction of sp³-hybridized carbons (Fsp3) is 1.00. The lowest BCUT2D eigenvalue weighted by Crippen LogP contribution is -2.21. The average molecular weight is 224 g/mol. The van der Waals surface area contributed by atoms with E-state index in [2.05, 4.69) is 5.32 Å². The maximum absolute atomic E-state index is 5.96. The summed E-state index contributed by atoms with van der Waals surface area (Å²) in [5.41, 5.74) is 0. The van der Waals surface area contributed by atoms with Crippen molar-refractivity contribution in [1.29, 1.82) is 0 Å². The first-order chi connectivity index (χ1) is 6.81. The average Bonchev–Trinajstić information content (AvgIpc) is 2.17. The van der Waals surface area contributed by atoms with E-state index in [1.165, 1.54) is 0 Å². The van der Waals surface area contributed by atoms with E-state index < -0.39 is 0 Å². The monoisotopic (exact) mass is 223 g/mol. The number of nitrogens with one attached hydrogen (secondary N) is 1. The van der Waals surface area contributed by atoms with Gasteiger partial charge in [-0.15, -0.1) is 11.6 Å². The minimum absolute atomic E-state index is 0.131. The van der Waals surface area contributed by atoms with E-state index in [1.807, 2.05) is 0 Å². The van der Waals surface area contributed by atoms with Crippen LogP contribution in [0, 0.1) is 0 Å². The zero-order valence-corrected chi connectivity index (χ0v) is 9.98. The van der Waals surface area contributed by atoms with Crippen molar-refractivity contribution in [3.05, 3.63) is 0 Å². The summed E-state index contributed by atoms with van der Waals surface area (Å²) in [5, 5.41) is 3.47. The van der Waals surface area contributed by atoms with Crippen molar-refractivity contribution in [2.45, 2.75) is 24.6 Å². The molecular weight excluding hydrogens is 202 g/mol. The van der Waals surface area contributed by atoms with Crippen molar-refractivity contribution >= 4 is 11.6 Å². The summed E-state index contributed by atoms with van der Waals surface area (Å²) in [7, 11) is 3.41. The summed E-state index contributed by atoms with van der Waals surface area (Å²) in [4.78, 5) is 0. The second-order valence-electron chi connectivity index (χ2n) is 3.29. The smallest absolute Gasteiger partial charge is 0.0626 e. The van der Waals surface area contributed by atoms with Crippen molar-refractivity contribution in [2.75, 3.05) is 40.5 Å². The molecule has 0 aliphatic rings. The molecule has 4 heteroatoms. The van der Waals surface area contributed by atoms with Gasteiger partial charge in [-0.05, 0) is 32.4 Å². The fourth-order valence-electron chi connectivity index (χ4n) is 1.14. The third kappa shape index (κ3) is 10.3. The SMILES string of the molecule is COCCCCNCCC(Cl)COC. The Labute approximate surface area is 92.1 Å². The van der Waals surface area contributed by atoms with Gasteiger partial charge in [-0.3, -0.25) is 0 Å². The van der Waals surface area contributed by atoms with Gasteiger partial charge in [0.1, 0.15) is 0 Å². The van der Waals surface area contributed by atoms with Gasteiger partial charge in [0.25, 0.3) is 0 Å². The van der Waals surface area contributed by atoms with E-state index >= 15 is 0 Å². The van der Waals surface area contributed by atoms with Crippen molar-refractivity contribution in [1.82, 2.24) is 5.32 Å². The number of ether oxygens (including phenoxy) is 2. The number of halogens is 1. The van der Waals surface area contributed by atoms with Crippen LogP contribution < -0.4 is 5.32 Å². The largest absolute Gasteiger partial charge is 0.385 e. The first kappa shape index (κ1) is 14.2. The summed E-state index contributed by atoms with van der Waals surface area (Å²) >= 11 is 5.96. The molecular formula is C10H22ClNO2. The highest BCUT2D eigenvalue weighted by atomic mass is 35.5. The van der Waals surface area contributed by atoms with Gasteiger partial charge < -0.3 is 14.8 Å². The molecule has 0 heterocycles. The summed E-state index contributed by atoms with van der Waals surface area (Å²) in [6.45, 7) is 3.49. The Bertz CT molecular complexity index is 114. The van der Waals surface area contributed by atoms with E-state index in [9.17, 15) is 0 Å². The van der Waals surface area contributed by atoms with Crippen LogP contribution in [-0.2, 0) is 9.47 Å². The lowest BCUT2D eigenvalue weighted by Gasteiger charge is -2.08. The van der Waals surface area contributed by atoms with E-state index in [4.69, 9.17) is 21.1 Å². The summed E-state index contributed by atoms with van der Waals surface area (Å²) in [6, 6.07) is 0.